The quantitative estimate of drug-likeness (QED) is 0.627. The molecule has 4 heterocycles. The van der Waals surface area contributed by atoms with Gasteiger partial charge in [-0.1, -0.05) is 36.4 Å². The number of benzene rings is 1. The number of hydrogen-bond donors (Lipinski definition) is 0. The van der Waals surface area contributed by atoms with Gasteiger partial charge in [-0.15, -0.1) is 21.5 Å². The first-order valence-electron chi connectivity index (χ1n) is 10.6. The number of ether oxygens (including phenoxy) is 1. The number of nitrogens with zero attached hydrogens (tertiary/aromatic N) is 3. The van der Waals surface area contributed by atoms with E-state index in [4.69, 9.17) is 9.15 Å². The minimum atomic E-state index is -0.502. The van der Waals surface area contributed by atoms with Crippen LogP contribution in [0.15, 0.2) is 52.3 Å². The summed E-state index contributed by atoms with van der Waals surface area (Å²) in [5.74, 6) is 1.49. The molecule has 0 saturated carbocycles. The predicted octanol–water partition coefficient (Wildman–Crippen LogP) is 4.25. The van der Waals surface area contributed by atoms with E-state index < -0.39 is 5.41 Å². The second-order valence-electron chi connectivity index (χ2n) is 8.07. The number of rotatable bonds is 4. The van der Waals surface area contributed by atoms with Gasteiger partial charge in [0.15, 0.2) is 0 Å². The number of carbonyl (C=O) groups is 1. The lowest BCUT2D eigenvalue weighted by atomic mass is 9.72. The van der Waals surface area contributed by atoms with Crippen LogP contribution in [0.1, 0.15) is 43.1 Å². The molecule has 2 aliphatic heterocycles. The van der Waals surface area contributed by atoms with Gasteiger partial charge in [-0.05, 0) is 42.7 Å². The fraction of sp³-hybridized carbons (Fsp3) is 0.435. The molecule has 2 saturated heterocycles. The van der Waals surface area contributed by atoms with E-state index in [1.54, 1.807) is 11.3 Å². The van der Waals surface area contributed by atoms with Crippen molar-refractivity contribution in [2.24, 2.45) is 0 Å². The molecule has 0 radical (unpaired) electrons. The van der Waals surface area contributed by atoms with Gasteiger partial charge in [-0.3, -0.25) is 4.79 Å². The molecule has 156 valence electrons. The van der Waals surface area contributed by atoms with Crippen LogP contribution in [0, 0.1) is 0 Å². The number of hydrogen-bond acceptors (Lipinski definition) is 6. The summed E-state index contributed by atoms with van der Waals surface area (Å²) in [6, 6.07) is 14.1. The molecule has 1 amide bonds. The van der Waals surface area contributed by atoms with Crippen molar-refractivity contribution >= 4 is 17.2 Å². The van der Waals surface area contributed by atoms with E-state index in [1.165, 1.54) is 0 Å². The molecule has 0 aliphatic carbocycles. The van der Waals surface area contributed by atoms with Gasteiger partial charge in [-0.25, -0.2) is 0 Å². The maximum Gasteiger partial charge on any atom is 0.257 e. The van der Waals surface area contributed by atoms with E-state index in [2.05, 4.69) is 22.3 Å². The van der Waals surface area contributed by atoms with E-state index >= 15 is 0 Å². The van der Waals surface area contributed by atoms with Crippen molar-refractivity contribution in [2.45, 2.75) is 37.0 Å². The number of thiophene rings is 1. The van der Waals surface area contributed by atoms with Crippen molar-refractivity contribution in [3.05, 3.63) is 59.3 Å². The molecular weight excluding hydrogens is 398 g/mol. The van der Waals surface area contributed by atoms with Crippen molar-refractivity contribution < 1.29 is 13.9 Å². The van der Waals surface area contributed by atoms with Gasteiger partial charge >= 0.3 is 0 Å². The lowest BCUT2D eigenvalue weighted by Gasteiger charge is -2.42. The topological polar surface area (TPSA) is 68.5 Å². The molecule has 2 aromatic heterocycles. The van der Waals surface area contributed by atoms with Crippen LogP contribution in [-0.4, -0.2) is 47.3 Å². The Labute approximate surface area is 179 Å². The Hall–Kier alpha value is -2.51. The molecule has 1 atom stereocenters. The molecule has 1 aromatic carbocycles. The predicted molar refractivity (Wildman–Crippen MR) is 114 cm³/mol. The SMILES string of the molecule is O=C(N1CCC[C@@H](c2nnc(-c3cccs3)o2)C1)C1(c2ccccc2)CCOCC1. The third kappa shape index (κ3) is 3.56. The molecule has 7 heteroatoms. The minimum Gasteiger partial charge on any atom is -0.420 e. The highest BCUT2D eigenvalue weighted by Gasteiger charge is 2.45. The highest BCUT2D eigenvalue weighted by molar-refractivity contribution is 7.13. The number of piperidine rings is 1. The van der Waals surface area contributed by atoms with Crippen LogP contribution in [0.4, 0.5) is 0 Å². The lowest BCUT2D eigenvalue weighted by Crippen LogP contribution is -2.52. The standard InChI is InChI=1S/C23H25N3O3S/c27-22(23(10-13-28-14-11-23)18-7-2-1-3-8-18)26-12-4-6-17(16-26)20-24-25-21(29-20)19-9-5-15-30-19/h1-3,5,7-9,15,17H,4,6,10-14,16H2/t17-/m1/s1. The average molecular weight is 424 g/mol. The first kappa shape index (κ1) is 19.5. The van der Waals surface area contributed by atoms with Gasteiger partial charge < -0.3 is 14.1 Å². The fourth-order valence-electron chi connectivity index (χ4n) is 4.67. The summed E-state index contributed by atoms with van der Waals surface area (Å²) in [7, 11) is 0. The normalized spacial score (nSPS) is 21.5. The Kier molecular flexibility index (Phi) is 5.39. The van der Waals surface area contributed by atoms with Crippen molar-refractivity contribution in [1.82, 2.24) is 15.1 Å². The van der Waals surface area contributed by atoms with Gasteiger partial charge in [0.05, 0.1) is 16.2 Å². The fourth-order valence-corrected chi connectivity index (χ4v) is 5.31. The number of carbonyl (C=O) groups excluding carboxylic acids is 1. The molecule has 30 heavy (non-hydrogen) atoms. The molecule has 0 spiro atoms. The summed E-state index contributed by atoms with van der Waals surface area (Å²) in [6.45, 7) is 2.63. The zero-order chi connectivity index (χ0) is 20.4. The van der Waals surface area contributed by atoms with Gasteiger partial charge in [0.1, 0.15) is 0 Å². The average Bonchev–Trinajstić information content (AvgIpc) is 3.52. The van der Waals surface area contributed by atoms with E-state index in [0.29, 0.717) is 31.5 Å². The van der Waals surface area contributed by atoms with Crippen molar-refractivity contribution in [2.75, 3.05) is 26.3 Å². The lowest BCUT2D eigenvalue weighted by molar-refractivity contribution is -0.142. The Morgan fingerprint density at radius 2 is 1.93 bits per heavy atom. The summed E-state index contributed by atoms with van der Waals surface area (Å²) >= 11 is 1.58. The van der Waals surface area contributed by atoms with Crippen molar-refractivity contribution in [3.63, 3.8) is 0 Å². The zero-order valence-electron chi connectivity index (χ0n) is 16.8. The maximum absolute atomic E-state index is 13.8. The highest BCUT2D eigenvalue weighted by Crippen LogP contribution is 2.39. The molecule has 6 nitrogen and oxygen atoms in total. The van der Waals surface area contributed by atoms with Crippen molar-refractivity contribution in [3.8, 4) is 10.8 Å². The molecular formula is C23H25N3O3S. The van der Waals surface area contributed by atoms with E-state index in [-0.39, 0.29) is 11.8 Å². The largest absolute Gasteiger partial charge is 0.420 e. The van der Waals surface area contributed by atoms with E-state index in [9.17, 15) is 4.79 Å². The first-order valence-corrected chi connectivity index (χ1v) is 11.4. The monoisotopic (exact) mass is 423 g/mol. The Balaban J connectivity index is 1.38. The molecule has 5 rings (SSSR count). The third-order valence-electron chi connectivity index (χ3n) is 6.31. The summed E-state index contributed by atoms with van der Waals surface area (Å²) in [6.07, 6.45) is 3.34. The highest BCUT2D eigenvalue weighted by atomic mass is 32.1. The van der Waals surface area contributed by atoms with Crippen LogP contribution in [0.2, 0.25) is 0 Å². The molecule has 0 N–H and O–H groups in total. The second-order valence-corrected chi connectivity index (χ2v) is 9.02. The number of aromatic nitrogens is 2. The Morgan fingerprint density at radius 3 is 2.70 bits per heavy atom. The van der Waals surface area contributed by atoms with Gasteiger partial charge in [-0.2, -0.15) is 0 Å². The molecule has 3 aromatic rings. The Morgan fingerprint density at radius 1 is 1.10 bits per heavy atom. The van der Waals surface area contributed by atoms with Crippen LogP contribution in [0.3, 0.4) is 0 Å². The smallest absolute Gasteiger partial charge is 0.257 e. The van der Waals surface area contributed by atoms with Crippen LogP contribution < -0.4 is 0 Å². The van der Waals surface area contributed by atoms with Gasteiger partial charge in [0.2, 0.25) is 11.8 Å². The van der Waals surface area contributed by atoms with Crippen LogP contribution in [0.5, 0.6) is 0 Å². The van der Waals surface area contributed by atoms with Crippen LogP contribution in [0.25, 0.3) is 10.8 Å². The summed E-state index contributed by atoms with van der Waals surface area (Å²) in [4.78, 5) is 16.8. The second kappa shape index (κ2) is 8.32. The zero-order valence-corrected chi connectivity index (χ0v) is 17.6. The van der Waals surface area contributed by atoms with E-state index in [1.807, 2.05) is 40.6 Å². The Bertz CT molecular complexity index is 980. The van der Waals surface area contributed by atoms with Crippen LogP contribution in [-0.2, 0) is 14.9 Å². The van der Waals surface area contributed by atoms with Crippen LogP contribution >= 0.6 is 11.3 Å². The maximum atomic E-state index is 13.8. The number of amides is 1. The molecule has 0 unspecified atom stereocenters. The summed E-state index contributed by atoms with van der Waals surface area (Å²) in [5, 5.41) is 10.5. The van der Waals surface area contributed by atoms with Crippen molar-refractivity contribution in [1.29, 1.82) is 0 Å². The van der Waals surface area contributed by atoms with Gasteiger partial charge in [0.25, 0.3) is 5.89 Å². The summed E-state index contributed by atoms with van der Waals surface area (Å²) < 4.78 is 11.6. The van der Waals surface area contributed by atoms with E-state index in [0.717, 1.165) is 42.7 Å². The summed E-state index contributed by atoms with van der Waals surface area (Å²) in [5.41, 5.74) is 0.594. The number of likely N-dealkylation sites (tertiary alicyclic amines) is 1. The molecule has 2 aliphatic rings. The molecule has 2 fully saturated rings. The molecule has 0 bridgehead atoms. The first-order chi connectivity index (χ1) is 14.8. The third-order valence-corrected chi connectivity index (χ3v) is 7.17. The minimum absolute atomic E-state index is 0.0802. The van der Waals surface area contributed by atoms with Gasteiger partial charge in [0, 0.05) is 26.3 Å².